The number of alkyl halides is 1. The standard InChI is InChI=1S/C8H7Cl3OS/c9-3-1-2-6(12)8-5(10)4-7(11)13-8/h4H,1-3H2. The van der Waals surface area contributed by atoms with E-state index >= 15 is 0 Å². The summed E-state index contributed by atoms with van der Waals surface area (Å²) in [5, 5.41) is 0.439. The fourth-order valence-corrected chi connectivity index (χ4v) is 2.54. The Morgan fingerprint density at radius 3 is 2.62 bits per heavy atom. The molecule has 0 fully saturated rings. The van der Waals surface area contributed by atoms with Gasteiger partial charge >= 0.3 is 0 Å². The topological polar surface area (TPSA) is 17.1 Å². The molecule has 1 rings (SSSR count). The van der Waals surface area contributed by atoms with Crippen LogP contribution >= 0.6 is 46.1 Å². The van der Waals surface area contributed by atoms with Crippen molar-refractivity contribution in [3.05, 3.63) is 20.3 Å². The van der Waals surface area contributed by atoms with Gasteiger partial charge in [0.2, 0.25) is 0 Å². The van der Waals surface area contributed by atoms with E-state index in [-0.39, 0.29) is 5.78 Å². The van der Waals surface area contributed by atoms with Crippen LogP contribution in [0.25, 0.3) is 0 Å². The van der Waals surface area contributed by atoms with Gasteiger partial charge in [0.25, 0.3) is 0 Å². The summed E-state index contributed by atoms with van der Waals surface area (Å²) < 4.78 is 0.541. The first-order chi connectivity index (χ1) is 6.15. The number of halogens is 3. The first-order valence-electron chi connectivity index (χ1n) is 3.69. The van der Waals surface area contributed by atoms with E-state index in [9.17, 15) is 4.79 Å². The van der Waals surface area contributed by atoms with Crippen molar-refractivity contribution in [2.24, 2.45) is 0 Å². The second-order valence-corrected chi connectivity index (χ2v) is 4.91. The van der Waals surface area contributed by atoms with Crippen LogP contribution in [-0.2, 0) is 0 Å². The molecule has 0 aliphatic heterocycles. The van der Waals surface area contributed by atoms with Gasteiger partial charge in [-0.15, -0.1) is 22.9 Å². The zero-order valence-corrected chi connectivity index (χ0v) is 9.73. The summed E-state index contributed by atoms with van der Waals surface area (Å²) in [7, 11) is 0. The maximum atomic E-state index is 11.4. The summed E-state index contributed by atoms with van der Waals surface area (Å²) in [6.45, 7) is 0. The molecule has 1 heterocycles. The first-order valence-corrected chi connectivity index (χ1v) is 5.80. The Balaban J connectivity index is 2.70. The molecule has 0 unspecified atom stereocenters. The van der Waals surface area contributed by atoms with Gasteiger partial charge in [0, 0.05) is 12.3 Å². The zero-order valence-electron chi connectivity index (χ0n) is 6.65. The number of carbonyl (C=O) groups excluding carboxylic acids is 1. The second kappa shape index (κ2) is 5.20. The zero-order chi connectivity index (χ0) is 9.84. The fraction of sp³-hybridized carbons (Fsp3) is 0.375. The van der Waals surface area contributed by atoms with Crippen LogP contribution < -0.4 is 0 Å². The number of Topliss-reactive ketones (excluding diaryl/α,β-unsaturated/α-hetero) is 1. The molecule has 1 aromatic heterocycles. The molecular weight excluding hydrogens is 251 g/mol. The summed E-state index contributed by atoms with van der Waals surface area (Å²) in [5.41, 5.74) is 0. The average Bonchev–Trinajstić information content (AvgIpc) is 2.41. The summed E-state index contributed by atoms with van der Waals surface area (Å²) in [4.78, 5) is 12.0. The lowest BCUT2D eigenvalue weighted by molar-refractivity contribution is 0.0986. The highest BCUT2D eigenvalue weighted by molar-refractivity contribution is 7.18. The number of carbonyl (C=O) groups is 1. The molecule has 0 N–H and O–H groups in total. The predicted octanol–water partition coefficient (Wildman–Crippen LogP) is 4.26. The third-order valence-corrected chi connectivity index (χ3v) is 3.43. The van der Waals surface area contributed by atoms with Gasteiger partial charge < -0.3 is 0 Å². The van der Waals surface area contributed by atoms with Crippen LogP contribution in [0.1, 0.15) is 22.5 Å². The highest BCUT2D eigenvalue weighted by Crippen LogP contribution is 2.31. The van der Waals surface area contributed by atoms with Gasteiger partial charge in [0.1, 0.15) is 0 Å². The lowest BCUT2D eigenvalue weighted by Gasteiger charge is -1.95. The highest BCUT2D eigenvalue weighted by atomic mass is 35.5. The van der Waals surface area contributed by atoms with E-state index in [0.29, 0.717) is 33.0 Å². The van der Waals surface area contributed by atoms with Crippen LogP contribution in [0.4, 0.5) is 0 Å². The Hall–Kier alpha value is 0.240. The van der Waals surface area contributed by atoms with E-state index in [1.165, 1.54) is 11.3 Å². The van der Waals surface area contributed by atoms with E-state index < -0.39 is 0 Å². The van der Waals surface area contributed by atoms with E-state index in [2.05, 4.69) is 0 Å². The van der Waals surface area contributed by atoms with Crippen LogP contribution in [0.15, 0.2) is 6.07 Å². The minimum Gasteiger partial charge on any atom is -0.293 e. The largest absolute Gasteiger partial charge is 0.293 e. The SMILES string of the molecule is O=C(CCCCl)c1sc(Cl)cc1Cl. The monoisotopic (exact) mass is 256 g/mol. The van der Waals surface area contributed by atoms with E-state index in [1.807, 2.05) is 0 Å². The molecule has 0 atom stereocenters. The lowest BCUT2D eigenvalue weighted by Crippen LogP contribution is -1.96. The fourth-order valence-electron chi connectivity index (χ4n) is 0.872. The molecule has 0 aliphatic rings. The third kappa shape index (κ3) is 3.13. The predicted molar refractivity (Wildman–Crippen MR) is 58.6 cm³/mol. The third-order valence-electron chi connectivity index (χ3n) is 1.45. The van der Waals surface area contributed by atoms with Crippen molar-refractivity contribution < 1.29 is 4.79 Å². The Labute approximate surface area is 95.6 Å². The van der Waals surface area contributed by atoms with Gasteiger partial charge in [-0.3, -0.25) is 4.79 Å². The average molecular weight is 258 g/mol. The van der Waals surface area contributed by atoms with Crippen LogP contribution in [0.5, 0.6) is 0 Å². The van der Waals surface area contributed by atoms with Crippen molar-refractivity contribution in [3.8, 4) is 0 Å². The van der Waals surface area contributed by atoms with Crippen LogP contribution in [0.3, 0.4) is 0 Å². The van der Waals surface area contributed by atoms with Crippen molar-refractivity contribution in [1.29, 1.82) is 0 Å². The minimum absolute atomic E-state index is 0.0163. The maximum Gasteiger partial charge on any atom is 0.174 e. The number of ketones is 1. The lowest BCUT2D eigenvalue weighted by atomic mass is 10.2. The van der Waals surface area contributed by atoms with E-state index in [4.69, 9.17) is 34.8 Å². The molecular formula is C8H7Cl3OS. The molecule has 72 valence electrons. The molecule has 5 heteroatoms. The van der Waals surface area contributed by atoms with Gasteiger partial charge in [0.05, 0.1) is 14.2 Å². The van der Waals surface area contributed by atoms with Gasteiger partial charge in [-0.25, -0.2) is 0 Å². The quantitative estimate of drug-likeness (QED) is 0.582. The number of thiophene rings is 1. The van der Waals surface area contributed by atoms with E-state index in [0.717, 1.165) is 0 Å². The Morgan fingerprint density at radius 2 is 2.15 bits per heavy atom. The van der Waals surface area contributed by atoms with Crippen LogP contribution in [-0.4, -0.2) is 11.7 Å². The van der Waals surface area contributed by atoms with Gasteiger partial charge in [-0.1, -0.05) is 23.2 Å². The van der Waals surface area contributed by atoms with Gasteiger partial charge in [-0.05, 0) is 12.5 Å². The highest BCUT2D eigenvalue weighted by Gasteiger charge is 2.13. The van der Waals surface area contributed by atoms with Gasteiger partial charge in [-0.2, -0.15) is 0 Å². The molecule has 1 nitrogen and oxygen atoms in total. The number of hydrogen-bond acceptors (Lipinski definition) is 2. The Bertz CT molecular complexity index is 308. The van der Waals surface area contributed by atoms with Crippen LogP contribution in [0.2, 0.25) is 9.36 Å². The second-order valence-electron chi connectivity index (χ2n) is 2.44. The van der Waals surface area contributed by atoms with E-state index in [1.54, 1.807) is 6.07 Å². The normalized spacial score (nSPS) is 10.4. The molecule has 0 aromatic carbocycles. The maximum absolute atomic E-state index is 11.4. The molecule has 0 radical (unpaired) electrons. The summed E-state index contributed by atoms with van der Waals surface area (Å²) in [5.74, 6) is 0.505. The molecule has 0 saturated carbocycles. The molecule has 0 saturated heterocycles. The Morgan fingerprint density at radius 1 is 1.46 bits per heavy atom. The molecule has 13 heavy (non-hydrogen) atoms. The number of rotatable bonds is 4. The Kier molecular flexibility index (Phi) is 4.53. The summed E-state index contributed by atoms with van der Waals surface area (Å²) in [6.07, 6.45) is 1.10. The smallest absolute Gasteiger partial charge is 0.174 e. The van der Waals surface area contributed by atoms with Crippen molar-refractivity contribution in [2.75, 3.05) is 5.88 Å². The summed E-state index contributed by atoms with van der Waals surface area (Å²) >= 11 is 18.2. The van der Waals surface area contributed by atoms with Crippen molar-refractivity contribution >= 4 is 51.9 Å². The minimum atomic E-state index is 0.0163. The van der Waals surface area contributed by atoms with Crippen molar-refractivity contribution in [1.82, 2.24) is 0 Å². The molecule has 0 spiro atoms. The molecule has 0 aliphatic carbocycles. The van der Waals surface area contributed by atoms with Crippen molar-refractivity contribution in [2.45, 2.75) is 12.8 Å². The molecule has 1 aromatic rings. The molecule has 0 bridgehead atoms. The van der Waals surface area contributed by atoms with Crippen molar-refractivity contribution in [3.63, 3.8) is 0 Å². The number of hydrogen-bond donors (Lipinski definition) is 0. The summed E-state index contributed by atoms with van der Waals surface area (Å²) in [6, 6.07) is 1.59. The first kappa shape index (κ1) is 11.3. The van der Waals surface area contributed by atoms with Gasteiger partial charge in [0.15, 0.2) is 5.78 Å². The van der Waals surface area contributed by atoms with Crippen LogP contribution in [0, 0.1) is 0 Å². The molecule has 0 amide bonds.